The summed E-state index contributed by atoms with van der Waals surface area (Å²) in [6, 6.07) is 0.253. The highest BCUT2D eigenvalue weighted by Crippen LogP contribution is 2.41. The molecule has 5 rings (SSSR count). The molecule has 2 aliphatic rings. The van der Waals surface area contributed by atoms with Gasteiger partial charge in [-0.2, -0.15) is 4.98 Å². The first-order valence-electron chi connectivity index (χ1n) is 7.87. The zero-order chi connectivity index (χ0) is 15.4. The molecule has 1 fully saturated rings. The van der Waals surface area contributed by atoms with Crippen molar-refractivity contribution in [3.8, 4) is 11.6 Å². The first-order valence-corrected chi connectivity index (χ1v) is 7.87. The average molecular weight is 308 g/mol. The van der Waals surface area contributed by atoms with E-state index >= 15 is 0 Å². The van der Waals surface area contributed by atoms with E-state index in [2.05, 4.69) is 29.6 Å². The number of anilines is 1. The third-order valence-electron chi connectivity index (χ3n) is 4.64. The highest BCUT2D eigenvalue weighted by atomic mass is 15.4. The Morgan fingerprint density at radius 1 is 1.22 bits per heavy atom. The summed E-state index contributed by atoms with van der Waals surface area (Å²) >= 11 is 0. The standard InChI is InChI=1S/C15H16N8/c1-10-19-20-14-11-4-2-3-6-22(11)13-12(23(10)14)8-17-15(18-13)21-7-5-16-9-21/h5,7-9,11H,2-4,6H2,1H3/t11-/m1/s1. The van der Waals surface area contributed by atoms with E-state index in [0.29, 0.717) is 5.95 Å². The maximum atomic E-state index is 4.82. The summed E-state index contributed by atoms with van der Waals surface area (Å²) in [5.41, 5.74) is 0.963. The molecule has 0 aromatic carbocycles. The summed E-state index contributed by atoms with van der Waals surface area (Å²) < 4.78 is 3.92. The minimum atomic E-state index is 0.253. The first kappa shape index (κ1) is 12.7. The van der Waals surface area contributed by atoms with Crippen molar-refractivity contribution in [3.05, 3.63) is 36.6 Å². The number of imidazole rings is 1. The molecule has 0 unspecified atom stereocenters. The van der Waals surface area contributed by atoms with Gasteiger partial charge in [0.15, 0.2) is 11.6 Å². The number of fused-ring (bicyclic) bond motifs is 6. The van der Waals surface area contributed by atoms with Gasteiger partial charge in [0, 0.05) is 18.9 Å². The van der Waals surface area contributed by atoms with E-state index in [4.69, 9.17) is 4.98 Å². The highest BCUT2D eigenvalue weighted by molar-refractivity contribution is 5.62. The van der Waals surface area contributed by atoms with E-state index in [9.17, 15) is 0 Å². The van der Waals surface area contributed by atoms with E-state index in [1.807, 2.05) is 23.9 Å². The van der Waals surface area contributed by atoms with E-state index < -0.39 is 0 Å². The first-order chi connectivity index (χ1) is 11.3. The number of aromatic nitrogens is 7. The van der Waals surface area contributed by atoms with Crippen LogP contribution in [0, 0.1) is 6.92 Å². The van der Waals surface area contributed by atoms with Crippen molar-refractivity contribution in [2.24, 2.45) is 0 Å². The Morgan fingerprint density at radius 3 is 3.04 bits per heavy atom. The minimum absolute atomic E-state index is 0.253. The molecule has 1 saturated heterocycles. The normalized spacial score (nSPS) is 19.2. The molecule has 8 nitrogen and oxygen atoms in total. The SMILES string of the molecule is Cc1nnc2n1-c1cnc(-n3ccnc3)nc1N1CCCC[C@H]21. The third-order valence-corrected chi connectivity index (χ3v) is 4.64. The highest BCUT2D eigenvalue weighted by Gasteiger charge is 2.37. The van der Waals surface area contributed by atoms with Gasteiger partial charge >= 0.3 is 0 Å². The summed E-state index contributed by atoms with van der Waals surface area (Å²) in [6.07, 6.45) is 10.6. The van der Waals surface area contributed by atoms with Crippen LogP contribution in [0.5, 0.6) is 0 Å². The van der Waals surface area contributed by atoms with Crippen molar-refractivity contribution in [2.45, 2.75) is 32.2 Å². The largest absolute Gasteiger partial charge is 0.344 e. The van der Waals surface area contributed by atoms with Crippen LogP contribution >= 0.6 is 0 Å². The van der Waals surface area contributed by atoms with Crippen molar-refractivity contribution in [2.75, 3.05) is 11.4 Å². The predicted octanol–water partition coefficient (Wildman–Crippen LogP) is 1.60. The van der Waals surface area contributed by atoms with Crippen LogP contribution in [0.15, 0.2) is 24.9 Å². The Hall–Kier alpha value is -2.77. The van der Waals surface area contributed by atoms with E-state index in [1.165, 1.54) is 12.8 Å². The Kier molecular flexibility index (Phi) is 2.55. The zero-order valence-electron chi connectivity index (χ0n) is 12.8. The summed E-state index contributed by atoms with van der Waals surface area (Å²) in [4.78, 5) is 15.8. The quantitative estimate of drug-likeness (QED) is 0.679. The van der Waals surface area contributed by atoms with Gasteiger partial charge in [0.2, 0.25) is 5.95 Å². The van der Waals surface area contributed by atoms with Crippen LogP contribution in [0.2, 0.25) is 0 Å². The number of hydrogen-bond donors (Lipinski definition) is 0. The zero-order valence-corrected chi connectivity index (χ0v) is 12.8. The lowest BCUT2D eigenvalue weighted by Gasteiger charge is -2.40. The summed E-state index contributed by atoms with van der Waals surface area (Å²) in [6.45, 7) is 2.96. The predicted molar refractivity (Wildman–Crippen MR) is 82.7 cm³/mol. The van der Waals surface area contributed by atoms with Crippen LogP contribution in [-0.2, 0) is 0 Å². The summed E-state index contributed by atoms with van der Waals surface area (Å²) in [5.74, 6) is 3.49. The second-order valence-electron chi connectivity index (χ2n) is 5.99. The average Bonchev–Trinajstić information content (AvgIpc) is 3.25. The van der Waals surface area contributed by atoms with Gasteiger partial charge in [-0.3, -0.25) is 9.13 Å². The van der Waals surface area contributed by atoms with Gasteiger partial charge in [-0.05, 0) is 26.2 Å². The van der Waals surface area contributed by atoms with Crippen LogP contribution < -0.4 is 4.90 Å². The van der Waals surface area contributed by atoms with Crippen LogP contribution in [0.3, 0.4) is 0 Å². The maximum absolute atomic E-state index is 4.82. The molecule has 23 heavy (non-hydrogen) atoms. The van der Waals surface area contributed by atoms with Crippen molar-refractivity contribution in [3.63, 3.8) is 0 Å². The van der Waals surface area contributed by atoms with Crippen LogP contribution in [0.25, 0.3) is 11.6 Å². The Morgan fingerprint density at radius 2 is 2.17 bits per heavy atom. The fourth-order valence-corrected chi connectivity index (χ4v) is 3.57. The Balaban J connectivity index is 1.74. The molecule has 3 aromatic heterocycles. The van der Waals surface area contributed by atoms with E-state index in [0.717, 1.165) is 36.1 Å². The number of hydrogen-bond acceptors (Lipinski definition) is 6. The fourth-order valence-electron chi connectivity index (χ4n) is 3.57. The number of piperidine rings is 1. The van der Waals surface area contributed by atoms with Crippen LogP contribution in [0.1, 0.15) is 37.0 Å². The molecule has 0 amide bonds. The van der Waals surface area contributed by atoms with Gasteiger partial charge in [-0.15, -0.1) is 10.2 Å². The molecule has 0 saturated carbocycles. The van der Waals surface area contributed by atoms with Crippen LogP contribution in [-0.4, -0.2) is 40.8 Å². The van der Waals surface area contributed by atoms with Gasteiger partial charge in [0.25, 0.3) is 0 Å². The van der Waals surface area contributed by atoms with Gasteiger partial charge in [0.1, 0.15) is 17.8 Å². The number of nitrogens with zero attached hydrogens (tertiary/aromatic N) is 8. The summed E-state index contributed by atoms with van der Waals surface area (Å²) in [5, 5.41) is 8.69. The van der Waals surface area contributed by atoms with E-state index in [-0.39, 0.29) is 6.04 Å². The number of rotatable bonds is 1. The Labute approximate surface area is 132 Å². The van der Waals surface area contributed by atoms with Gasteiger partial charge in [0.05, 0.1) is 12.2 Å². The fraction of sp³-hybridized carbons (Fsp3) is 0.400. The van der Waals surface area contributed by atoms with Crippen molar-refractivity contribution in [1.29, 1.82) is 0 Å². The maximum Gasteiger partial charge on any atom is 0.236 e. The molecule has 0 radical (unpaired) electrons. The smallest absolute Gasteiger partial charge is 0.236 e. The minimum Gasteiger partial charge on any atom is -0.344 e. The lowest BCUT2D eigenvalue weighted by Crippen LogP contribution is -2.39. The third kappa shape index (κ3) is 1.74. The van der Waals surface area contributed by atoms with Gasteiger partial charge < -0.3 is 4.90 Å². The topological polar surface area (TPSA) is 77.5 Å². The molecular weight excluding hydrogens is 292 g/mol. The van der Waals surface area contributed by atoms with Crippen LogP contribution in [0.4, 0.5) is 5.82 Å². The molecule has 116 valence electrons. The molecule has 1 atom stereocenters. The van der Waals surface area contributed by atoms with Crippen molar-refractivity contribution in [1.82, 2.24) is 34.3 Å². The van der Waals surface area contributed by atoms with Crippen molar-refractivity contribution >= 4 is 5.82 Å². The van der Waals surface area contributed by atoms with E-state index in [1.54, 1.807) is 12.5 Å². The molecule has 0 spiro atoms. The molecule has 2 aliphatic heterocycles. The monoisotopic (exact) mass is 308 g/mol. The van der Waals surface area contributed by atoms with Gasteiger partial charge in [-0.25, -0.2) is 9.97 Å². The molecule has 0 aliphatic carbocycles. The molecule has 5 heterocycles. The molecular formula is C15H16N8. The second-order valence-corrected chi connectivity index (χ2v) is 5.99. The molecule has 0 bridgehead atoms. The van der Waals surface area contributed by atoms with Crippen molar-refractivity contribution < 1.29 is 0 Å². The number of aryl methyl sites for hydroxylation is 1. The lowest BCUT2D eigenvalue weighted by molar-refractivity contribution is 0.436. The molecule has 8 heteroatoms. The molecule has 0 N–H and O–H groups in total. The second kappa shape index (κ2) is 4.61. The molecule has 3 aromatic rings. The summed E-state index contributed by atoms with van der Waals surface area (Å²) in [7, 11) is 0. The Bertz CT molecular complexity index is 866. The van der Waals surface area contributed by atoms with Gasteiger partial charge in [-0.1, -0.05) is 0 Å². The lowest BCUT2D eigenvalue weighted by atomic mass is 9.99.